The highest BCUT2D eigenvalue weighted by Crippen LogP contribution is 2.21. The lowest BCUT2D eigenvalue weighted by Gasteiger charge is -2.01. The van der Waals surface area contributed by atoms with Gasteiger partial charge in [0.1, 0.15) is 0 Å². The molecule has 2 aromatic carbocycles. The fourth-order valence-electron chi connectivity index (χ4n) is 2.74. The molecule has 4 rings (SSSR count). The minimum Gasteiger partial charge on any atom is -0.255 e. The highest BCUT2D eigenvalue weighted by atomic mass is 79.9. The fourth-order valence-corrected chi connectivity index (χ4v) is 3.59. The molecule has 0 amide bonds. The van der Waals surface area contributed by atoms with Crippen LogP contribution >= 0.6 is 47.8 Å². The fraction of sp³-hybridized carbons (Fsp3) is 0.0800. The van der Waals surface area contributed by atoms with Crippen LogP contribution in [0.3, 0.4) is 0 Å². The first kappa shape index (κ1) is 23.3. The van der Waals surface area contributed by atoms with Crippen LogP contribution in [-0.2, 0) is 11.8 Å². The molecule has 0 saturated carbocycles. The predicted molar refractivity (Wildman–Crippen MR) is 137 cm³/mol. The zero-order chi connectivity index (χ0) is 22.1. The summed E-state index contributed by atoms with van der Waals surface area (Å²) in [5, 5.41) is 9.46. The summed E-state index contributed by atoms with van der Waals surface area (Å²) < 4.78 is 1.97. The van der Waals surface area contributed by atoms with Gasteiger partial charge in [0.25, 0.3) is 0 Å². The molecule has 0 bridgehead atoms. The van der Waals surface area contributed by atoms with E-state index in [0.717, 1.165) is 42.4 Å². The van der Waals surface area contributed by atoms with E-state index in [1.807, 2.05) is 54.7 Å². The molecule has 0 saturated heterocycles. The van der Waals surface area contributed by atoms with E-state index in [-0.39, 0.29) is 0 Å². The van der Waals surface area contributed by atoms with Crippen molar-refractivity contribution < 1.29 is 0 Å². The Morgan fingerprint density at radius 3 is 1.45 bits per heavy atom. The Morgan fingerprint density at radius 2 is 1.10 bits per heavy atom. The third-order valence-corrected chi connectivity index (χ3v) is 5.98. The normalized spacial score (nSPS) is 10.0. The number of pyridine rings is 2. The topological polar surface area (TPSA) is 49.6 Å². The summed E-state index contributed by atoms with van der Waals surface area (Å²) in [6.45, 7) is 0. The summed E-state index contributed by atoms with van der Waals surface area (Å²) in [5.41, 5.74) is 6.45. The predicted octanol–water partition coefficient (Wildman–Crippen LogP) is 7.98. The molecule has 2 heterocycles. The Hall–Kier alpha value is -2.33. The summed E-state index contributed by atoms with van der Waals surface area (Å²) >= 11 is 10.1. The average molecular weight is 600 g/mol. The second-order valence-electron chi connectivity index (χ2n) is 6.59. The van der Waals surface area contributed by atoms with E-state index >= 15 is 0 Å². The number of hydrogen-bond acceptors (Lipinski definition) is 3. The number of benzene rings is 2. The second kappa shape index (κ2) is 11.9. The van der Waals surface area contributed by atoms with Crippen molar-refractivity contribution in [2.24, 2.45) is 0 Å². The Morgan fingerprint density at radius 1 is 0.645 bits per heavy atom. The van der Waals surface area contributed by atoms with Crippen LogP contribution in [0.2, 0.25) is 0 Å². The molecule has 2 aromatic heterocycles. The number of halogens is 3. The summed E-state index contributed by atoms with van der Waals surface area (Å²) in [4.78, 5) is 8.66. The largest absolute Gasteiger partial charge is 0.255 e. The smallest absolute Gasteiger partial charge is 0.0702 e. The number of aromatic nitrogens is 2. The molecule has 0 aliphatic heterocycles. The van der Waals surface area contributed by atoms with E-state index in [0.29, 0.717) is 6.42 Å². The SMILES string of the molecule is BrCc1ccc(-c2ccc(Br)cn2)cc1.N#CCc1ccc(-c2ccc(Br)cn2)cc1. The van der Waals surface area contributed by atoms with Crippen LogP contribution in [0.25, 0.3) is 22.5 Å². The minimum absolute atomic E-state index is 0.452. The molecule has 0 atom stereocenters. The van der Waals surface area contributed by atoms with Crippen molar-refractivity contribution in [2.75, 3.05) is 0 Å². The second-order valence-corrected chi connectivity index (χ2v) is 8.98. The van der Waals surface area contributed by atoms with Crippen LogP contribution in [-0.4, -0.2) is 9.97 Å². The van der Waals surface area contributed by atoms with Gasteiger partial charge in [-0.1, -0.05) is 64.5 Å². The first-order valence-corrected chi connectivity index (χ1v) is 12.1. The summed E-state index contributed by atoms with van der Waals surface area (Å²) in [7, 11) is 0. The lowest BCUT2D eigenvalue weighted by Crippen LogP contribution is -1.85. The maximum Gasteiger partial charge on any atom is 0.0702 e. The molecule has 0 fully saturated rings. The molecular formula is C25H18Br3N3. The van der Waals surface area contributed by atoms with Gasteiger partial charge >= 0.3 is 0 Å². The van der Waals surface area contributed by atoms with Gasteiger partial charge in [-0.15, -0.1) is 0 Å². The van der Waals surface area contributed by atoms with Gasteiger partial charge in [0.2, 0.25) is 0 Å². The molecule has 0 aliphatic carbocycles. The Labute approximate surface area is 207 Å². The molecule has 6 heteroatoms. The van der Waals surface area contributed by atoms with Gasteiger partial charge in [0, 0.05) is 37.8 Å². The first-order chi connectivity index (χ1) is 15.1. The zero-order valence-corrected chi connectivity index (χ0v) is 21.2. The van der Waals surface area contributed by atoms with Gasteiger partial charge in [0.15, 0.2) is 0 Å². The maximum absolute atomic E-state index is 8.57. The zero-order valence-electron chi connectivity index (χ0n) is 16.5. The molecule has 0 N–H and O–H groups in total. The molecule has 31 heavy (non-hydrogen) atoms. The Balaban J connectivity index is 0.000000176. The Bertz CT molecular complexity index is 1130. The number of alkyl halides is 1. The lowest BCUT2D eigenvalue weighted by molar-refractivity contribution is 1.25. The van der Waals surface area contributed by atoms with Crippen LogP contribution in [0.15, 0.2) is 94.1 Å². The third-order valence-electron chi connectivity index (χ3n) is 4.39. The highest BCUT2D eigenvalue weighted by molar-refractivity contribution is 9.10. The van der Waals surface area contributed by atoms with Gasteiger partial charge in [-0.25, -0.2) is 0 Å². The molecule has 4 aromatic rings. The van der Waals surface area contributed by atoms with E-state index < -0.39 is 0 Å². The number of rotatable bonds is 4. The van der Waals surface area contributed by atoms with Gasteiger partial charge in [-0.3, -0.25) is 9.97 Å². The monoisotopic (exact) mass is 597 g/mol. The molecular weight excluding hydrogens is 582 g/mol. The van der Waals surface area contributed by atoms with E-state index in [1.54, 1.807) is 6.20 Å². The quantitative estimate of drug-likeness (QED) is 0.223. The average Bonchev–Trinajstić information content (AvgIpc) is 2.81. The van der Waals surface area contributed by atoms with Crippen LogP contribution in [0, 0.1) is 11.3 Å². The first-order valence-electron chi connectivity index (χ1n) is 9.43. The molecule has 0 unspecified atom stereocenters. The van der Waals surface area contributed by atoms with Crippen molar-refractivity contribution in [1.29, 1.82) is 5.26 Å². The van der Waals surface area contributed by atoms with E-state index in [1.165, 1.54) is 5.56 Å². The van der Waals surface area contributed by atoms with Gasteiger partial charge in [-0.05, 0) is 67.3 Å². The van der Waals surface area contributed by atoms with Crippen LogP contribution in [0.5, 0.6) is 0 Å². The van der Waals surface area contributed by atoms with Gasteiger partial charge in [0.05, 0.1) is 23.9 Å². The minimum atomic E-state index is 0.452. The van der Waals surface area contributed by atoms with Crippen LogP contribution < -0.4 is 0 Å². The van der Waals surface area contributed by atoms with Crippen molar-refractivity contribution in [2.45, 2.75) is 11.8 Å². The molecule has 0 radical (unpaired) electrons. The number of nitrogens with zero attached hydrogens (tertiary/aromatic N) is 3. The van der Waals surface area contributed by atoms with Crippen molar-refractivity contribution in [3.8, 4) is 28.6 Å². The third kappa shape index (κ3) is 7.10. The molecule has 0 spiro atoms. The van der Waals surface area contributed by atoms with Crippen molar-refractivity contribution in [1.82, 2.24) is 9.97 Å². The van der Waals surface area contributed by atoms with Crippen molar-refractivity contribution in [3.05, 3.63) is 105 Å². The number of nitriles is 1. The molecule has 154 valence electrons. The van der Waals surface area contributed by atoms with E-state index in [9.17, 15) is 0 Å². The van der Waals surface area contributed by atoms with Gasteiger partial charge < -0.3 is 0 Å². The van der Waals surface area contributed by atoms with E-state index in [4.69, 9.17) is 5.26 Å². The van der Waals surface area contributed by atoms with Crippen LogP contribution in [0.4, 0.5) is 0 Å². The van der Waals surface area contributed by atoms with Crippen molar-refractivity contribution >= 4 is 47.8 Å². The summed E-state index contributed by atoms with van der Waals surface area (Å²) in [6, 6.07) is 26.4. The summed E-state index contributed by atoms with van der Waals surface area (Å²) in [6.07, 6.45) is 4.04. The molecule has 3 nitrogen and oxygen atoms in total. The standard InChI is InChI=1S/C13H9BrN2.C12H9Br2N/c14-12-5-6-13(16-9-12)11-3-1-10(2-4-11)7-8-15;13-7-9-1-3-10(4-2-9)12-6-5-11(14)8-15-12/h1-6,9H,7H2;1-6,8H,7H2. The van der Waals surface area contributed by atoms with Gasteiger partial charge in [-0.2, -0.15) is 5.26 Å². The summed E-state index contributed by atoms with van der Waals surface area (Å²) in [5.74, 6) is 0. The lowest BCUT2D eigenvalue weighted by atomic mass is 10.1. The van der Waals surface area contributed by atoms with E-state index in [2.05, 4.69) is 88.1 Å². The highest BCUT2D eigenvalue weighted by Gasteiger charge is 2.00. The Kier molecular flexibility index (Phi) is 8.96. The number of hydrogen-bond donors (Lipinski definition) is 0. The van der Waals surface area contributed by atoms with Crippen molar-refractivity contribution in [3.63, 3.8) is 0 Å². The molecule has 0 aliphatic rings. The maximum atomic E-state index is 8.57. The van der Waals surface area contributed by atoms with Crippen LogP contribution in [0.1, 0.15) is 11.1 Å².